The van der Waals surface area contributed by atoms with Crippen LogP contribution in [0.2, 0.25) is 0 Å². The summed E-state index contributed by atoms with van der Waals surface area (Å²) in [6.07, 6.45) is 8.00. The fraction of sp³-hybridized carbons (Fsp3) is 0.318. The minimum atomic E-state index is -0.214. The summed E-state index contributed by atoms with van der Waals surface area (Å²) in [5.74, 6) is -0.214. The Morgan fingerprint density at radius 2 is 1.72 bits per heavy atom. The van der Waals surface area contributed by atoms with E-state index < -0.39 is 0 Å². The second kappa shape index (κ2) is 6.83. The second-order valence-corrected chi connectivity index (χ2v) is 6.99. The highest BCUT2D eigenvalue weighted by Gasteiger charge is 2.24. The molecule has 0 bridgehead atoms. The number of fused-ring (bicyclic) bond motifs is 1. The number of hydrogen-bond donors (Lipinski definition) is 0. The van der Waals surface area contributed by atoms with Gasteiger partial charge in [0.1, 0.15) is 5.82 Å². The van der Waals surface area contributed by atoms with Crippen LogP contribution in [0, 0.1) is 12.7 Å². The minimum Gasteiger partial charge on any atom is -0.338 e. The fourth-order valence-electron chi connectivity index (χ4n) is 3.91. The standard InChI is InChI=1S/C22H23FN2/c1-16-7-10-19(11-8-16)25(18-5-3-2-4-6-18)22-13-14-24-21-12-9-17(23)15-20(21)22/h7-15,18H,2-6H2,1H3. The molecular formula is C22H23FN2. The smallest absolute Gasteiger partial charge is 0.124 e. The van der Waals surface area contributed by atoms with E-state index in [1.807, 2.05) is 12.3 Å². The Hall–Kier alpha value is -2.42. The highest BCUT2D eigenvalue weighted by Crippen LogP contribution is 2.37. The van der Waals surface area contributed by atoms with Crippen LogP contribution >= 0.6 is 0 Å². The predicted molar refractivity (Wildman–Crippen MR) is 102 cm³/mol. The highest BCUT2D eigenvalue weighted by molar-refractivity contribution is 5.93. The van der Waals surface area contributed by atoms with Crippen LogP contribution in [0.4, 0.5) is 15.8 Å². The van der Waals surface area contributed by atoms with Gasteiger partial charge in [-0.15, -0.1) is 0 Å². The zero-order valence-corrected chi connectivity index (χ0v) is 14.6. The van der Waals surface area contributed by atoms with Crippen molar-refractivity contribution in [1.29, 1.82) is 0 Å². The molecule has 1 heterocycles. The predicted octanol–water partition coefficient (Wildman–Crippen LogP) is 6.15. The van der Waals surface area contributed by atoms with Gasteiger partial charge in [0.2, 0.25) is 0 Å². The Morgan fingerprint density at radius 3 is 2.48 bits per heavy atom. The molecular weight excluding hydrogens is 311 g/mol. The lowest BCUT2D eigenvalue weighted by atomic mass is 9.93. The summed E-state index contributed by atoms with van der Waals surface area (Å²) in [6, 6.07) is 16.0. The van der Waals surface area contributed by atoms with Gasteiger partial charge in [0, 0.05) is 23.3 Å². The van der Waals surface area contributed by atoms with Crippen molar-refractivity contribution in [3.63, 3.8) is 0 Å². The van der Waals surface area contributed by atoms with E-state index in [4.69, 9.17) is 0 Å². The summed E-state index contributed by atoms with van der Waals surface area (Å²) >= 11 is 0. The number of nitrogens with zero attached hydrogens (tertiary/aromatic N) is 2. The molecule has 1 fully saturated rings. The Labute approximate surface area is 148 Å². The van der Waals surface area contributed by atoms with E-state index in [9.17, 15) is 4.39 Å². The number of pyridine rings is 1. The summed E-state index contributed by atoms with van der Waals surface area (Å²) in [7, 11) is 0. The summed E-state index contributed by atoms with van der Waals surface area (Å²) in [6.45, 7) is 2.10. The van der Waals surface area contributed by atoms with Crippen molar-refractivity contribution in [2.75, 3.05) is 4.90 Å². The molecule has 0 amide bonds. The Bertz CT molecular complexity index is 867. The van der Waals surface area contributed by atoms with Gasteiger partial charge >= 0.3 is 0 Å². The molecule has 2 aromatic carbocycles. The molecule has 1 aromatic heterocycles. The van der Waals surface area contributed by atoms with Crippen molar-refractivity contribution >= 4 is 22.3 Å². The van der Waals surface area contributed by atoms with Gasteiger partial charge in [-0.2, -0.15) is 0 Å². The lowest BCUT2D eigenvalue weighted by Gasteiger charge is -2.37. The molecule has 0 N–H and O–H groups in total. The first-order valence-electron chi connectivity index (χ1n) is 9.12. The number of halogens is 1. The molecule has 128 valence electrons. The maximum atomic E-state index is 13.9. The van der Waals surface area contributed by atoms with Crippen molar-refractivity contribution in [2.24, 2.45) is 0 Å². The van der Waals surface area contributed by atoms with Gasteiger partial charge in [0.25, 0.3) is 0 Å². The van der Waals surface area contributed by atoms with Crippen LogP contribution in [0.5, 0.6) is 0 Å². The molecule has 0 unspecified atom stereocenters. The average Bonchev–Trinajstić information content (AvgIpc) is 2.65. The second-order valence-electron chi connectivity index (χ2n) is 6.99. The van der Waals surface area contributed by atoms with Gasteiger partial charge in [0.05, 0.1) is 11.2 Å². The number of anilines is 2. The quantitative estimate of drug-likeness (QED) is 0.571. The number of rotatable bonds is 3. The van der Waals surface area contributed by atoms with E-state index in [0.29, 0.717) is 6.04 Å². The van der Waals surface area contributed by atoms with Crippen LogP contribution in [-0.4, -0.2) is 11.0 Å². The molecule has 0 atom stereocenters. The maximum Gasteiger partial charge on any atom is 0.124 e. The fourth-order valence-corrected chi connectivity index (χ4v) is 3.91. The van der Waals surface area contributed by atoms with Crippen molar-refractivity contribution < 1.29 is 4.39 Å². The molecule has 25 heavy (non-hydrogen) atoms. The molecule has 0 aliphatic heterocycles. The van der Waals surface area contributed by atoms with E-state index >= 15 is 0 Å². The highest BCUT2D eigenvalue weighted by atomic mass is 19.1. The molecule has 0 radical (unpaired) electrons. The molecule has 1 aliphatic carbocycles. The van der Waals surface area contributed by atoms with E-state index in [1.165, 1.54) is 49.4 Å². The monoisotopic (exact) mass is 334 g/mol. The third kappa shape index (κ3) is 3.23. The van der Waals surface area contributed by atoms with Crippen LogP contribution < -0.4 is 4.90 Å². The molecule has 2 nitrogen and oxygen atoms in total. The third-order valence-electron chi connectivity index (χ3n) is 5.19. The molecule has 4 rings (SSSR count). The Kier molecular flexibility index (Phi) is 4.39. The van der Waals surface area contributed by atoms with Crippen LogP contribution in [0.25, 0.3) is 10.9 Å². The van der Waals surface area contributed by atoms with Gasteiger partial charge < -0.3 is 4.90 Å². The van der Waals surface area contributed by atoms with Gasteiger partial charge in [-0.1, -0.05) is 37.0 Å². The van der Waals surface area contributed by atoms with Gasteiger partial charge in [-0.3, -0.25) is 4.98 Å². The van der Waals surface area contributed by atoms with E-state index in [2.05, 4.69) is 41.1 Å². The SMILES string of the molecule is Cc1ccc(N(c2ccnc3ccc(F)cc23)C2CCCCC2)cc1. The molecule has 1 saturated carbocycles. The van der Waals surface area contributed by atoms with Crippen LogP contribution in [0.3, 0.4) is 0 Å². The summed E-state index contributed by atoms with van der Waals surface area (Å²) in [5, 5.41) is 0.883. The van der Waals surface area contributed by atoms with Crippen molar-refractivity contribution in [1.82, 2.24) is 4.98 Å². The number of aryl methyl sites for hydroxylation is 1. The van der Waals surface area contributed by atoms with Crippen molar-refractivity contribution in [3.8, 4) is 0 Å². The topological polar surface area (TPSA) is 16.1 Å². The van der Waals surface area contributed by atoms with Crippen LogP contribution in [0.1, 0.15) is 37.7 Å². The maximum absolute atomic E-state index is 13.9. The lowest BCUT2D eigenvalue weighted by Crippen LogP contribution is -2.33. The van der Waals surface area contributed by atoms with Crippen molar-refractivity contribution in [3.05, 3.63) is 66.1 Å². The molecule has 0 spiro atoms. The largest absolute Gasteiger partial charge is 0.338 e. The van der Waals surface area contributed by atoms with Crippen LogP contribution in [-0.2, 0) is 0 Å². The first kappa shape index (κ1) is 16.1. The van der Waals surface area contributed by atoms with Gasteiger partial charge in [-0.25, -0.2) is 4.39 Å². The summed E-state index contributed by atoms with van der Waals surface area (Å²) in [5.41, 5.74) is 4.32. The first-order chi connectivity index (χ1) is 12.2. The Morgan fingerprint density at radius 1 is 0.960 bits per heavy atom. The zero-order valence-electron chi connectivity index (χ0n) is 14.6. The minimum absolute atomic E-state index is 0.214. The molecule has 1 aliphatic rings. The zero-order chi connectivity index (χ0) is 17.2. The van der Waals surface area contributed by atoms with Gasteiger partial charge in [-0.05, 0) is 56.2 Å². The van der Waals surface area contributed by atoms with Crippen molar-refractivity contribution in [2.45, 2.75) is 45.1 Å². The molecule has 3 aromatic rings. The lowest BCUT2D eigenvalue weighted by molar-refractivity contribution is 0.436. The first-order valence-corrected chi connectivity index (χ1v) is 9.12. The van der Waals surface area contributed by atoms with Gasteiger partial charge in [0.15, 0.2) is 0 Å². The van der Waals surface area contributed by atoms with E-state index in [-0.39, 0.29) is 5.82 Å². The van der Waals surface area contributed by atoms with E-state index in [1.54, 1.807) is 12.1 Å². The summed E-state index contributed by atoms with van der Waals surface area (Å²) < 4.78 is 13.9. The number of benzene rings is 2. The van der Waals surface area contributed by atoms with E-state index in [0.717, 1.165) is 16.6 Å². The summed E-state index contributed by atoms with van der Waals surface area (Å²) in [4.78, 5) is 6.83. The normalized spacial score (nSPS) is 15.4. The average molecular weight is 334 g/mol. The van der Waals surface area contributed by atoms with Crippen LogP contribution in [0.15, 0.2) is 54.7 Å². The Balaban J connectivity index is 1.88. The molecule has 0 saturated heterocycles. The molecule has 3 heteroatoms. The number of hydrogen-bond acceptors (Lipinski definition) is 2. The third-order valence-corrected chi connectivity index (χ3v) is 5.19. The number of aromatic nitrogens is 1.